The number of likely N-dealkylation sites (N-methyl/N-ethyl adjacent to an activating group) is 1. The molecule has 2 saturated heterocycles. The van der Waals surface area contributed by atoms with E-state index in [0.717, 1.165) is 36.3 Å². The molecule has 5 rings (SSSR count). The van der Waals surface area contributed by atoms with Crippen molar-refractivity contribution in [2.24, 2.45) is 0 Å². The molecule has 2 aliphatic rings. The van der Waals surface area contributed by atoms with Gasteiger partial charge in [0.2, 0.25) is 17.7 Å². The minimum atomic E-state index is -1.15. The summed E-state index contributed by atoms with van der Waals surface area (Å²) >= 11 is 1.75. The van der Waals surface area contributed by atoms with Gasteiger partial charge in [-0.25, -0.2) is 0 Å². The summed E-state index contributed by atoms with van der Waals surface area (Å²) in [6.45, 7) is 3.76. The maximum atomic E-state index is 13.4. The van der Waals surface area contributed by atoms with Crippen molar-refractivity contribution < 1.29 is 14.4 Å². The molecule has 0 saturated carbocycles. The molecular formula is C28H29N3O3S. The number of benzene rings is 2. The van der Waals surface area contributed by atoms with Gasteiger partial charge in [-0.05, 0) is 28.1 Å². The van der Waals surface area contributed by atoms with E-state index in [-0.39, 0.29) is 30.6 Å². The summed E-state index contributed by atoms with van der Waals surface area (Å²) in [6.07, 6.45) is 0.0363. The van der Waals surface area contributed by atoms with E-state index in [1.165, 1.54) is 16.8 Å². The molecule has 0 spiro atoms. The number of hydrogen-bond donors (Lipinski definition) is 0. The second-order valence-corrected chi connectivity index (χ2v) is 10.4. The number of nitrogens with zero attached hydrogens (tertiary/aromatic N) is 3. The van der Waals surface area contributed by atoms with Crippen molar-refractivity contribution in [3.63, 3.8) is 0 Å². The van der Waals surface area contributed by atoms with Crippen molar-refractivity contribution in [3.05, 3.63) is 82.6 Å². The van der Waals surface area contributed by atoms with Gasteiger partial charge in [-0.3, -0.25) is 24.2 Å². The molecule has 0 N–H and O–H groups in total. The lowest BCUT2D eigenvalue weighted by Crippen LogP contribution is -2.50. The normalized spacial score (nSPS) is 21.1. The van der Waals surface area contributed by atoms with Gasteiger partial charge in [-0.15, -0.1) is 11.3 Å². The second kappa shape index (κ2) is 9.76. The van der Waals surface area contributed by atoms with Crippen molar-refractivity contribution in [2.45, 2.75) is 24.8 Å². The molecule has 1 atom stereocenters. The predicted molar refractivity (Wildman–Crippen MR) is 137 cm³/mol. The SMILES string of the molecule is CN1C(=O)CC(CC(=O)N2CCN(Cc3cccs3)CC2)(c2ccc(-c3ccccc3)cc2)C1=O. The number of amides is 3. The van der Waals surface area contributed by atoms with Gasteiger partial charge in [-0.1, -0.05) is 60.7 Å². The molecular weight excluding hydrogens is 458 g/mol. The van der Waals surface area contributed by atoms with E-state index < -0.39 is 5.41 Å². The van der Waals surface area contributed by atoms with Crippen LogP contribution in [0.25, 0.3) is 11.1 Å². The zero-order valence-electron chi connectivity index (χ0n) is 19.9. The smallest absolute Gasteiger partial charge is 0.240 e. The molecule has 6 nitrogen and oxygen atoms in total. The van der Waals surface area contributed by atoms with Gasteiger partial charge in [-0.2, -0.15) is 0 Å². The Bertz CT molecular complexity index is 1200. The Balaban J connectivity index is 1.33. The number of piperazine rings is 1. The Morgan fingerprint density at radius 3 is 2.17 bits per heavy atom. The molecule has 180 valence electrons. The summed E-state index contributed by atoms with van der Waals surface area (Å²) in [7, 11) is 1.51. The average molecular weight is 488 g/mol. The largest absolute Gasteiger partial charge is 0.340 e. The highest BCUT2D eigenvalue weighted by Gasteiger charge is 2.53. The third-order valence-electron chi connectivity index (χ3n) is 7.22. The molecule has 3 amide bonds. The molecule has 1 unspecified atom stereocenters. The van der Waals surface area contributed by atoms with Crippen LogP contribution in [0.15, 0.2) is 72.1 Å². The molecule has 3 heterocycles. The van der Waals surface area contributed by atoms with Crippen LogP contribution in [0, 0.1) is 0 Å². The number of imide groups is 1. The highest BCUT2D eigenvalue weighted by atomic mass is 32.1. The Labute approximate surface area is 209 Å². The van der Waals surface area contributed by atoms with Gasteiger partial charge in [0.1, 0.15) is 0 Å². The van der Waals surface area contributed by atoms with Crippen LogP contribution in [0.3, 0.4) is 0 Å². The van der Waals surface area contributed by atoms with Crippen LogP contribution in [-0.2, 0) is 26.3 Å². The fraction of sp³-hybridized carbons (Fsp3) is 0.321. The summed E-state index contributed by atoms with van der Waals surface area (Å²) in [6, 6.07) is 21.9. The van der Waals surface area contributed by atoms with Gasteiger partial charge >= 0.3 is 0 Å². The van der Waals surface area contributed by atoms with Crippen molar-refractivity contribution in [2.75, 3.05) is 33.2 Å². The zero-order valence-corrected chi connectivity index (χ0v) is 20.7. The predicted octanol–water partition coefficient (Wildman–Crippen LogP) is 3.78. The Morgan fingerprint density at radius 2 is 1.57 bits per heavy atom. The minimum Gasteiger partial charge on any atom is -0.340 e. The lowest BCUT2D eigenvalue weighted by atomic mass is 9.75. The topological polar surface area (TPSA) is 60.9 Å². The number of rotatable bonds is 6. The quantitative estimate of drug-likeness (QED) is 0.497. The van der Waals surface area contributed by atoms with Crippen LogP contribution in [0.2, 0.25) is 0 Å². The van der Waals surface area contributed by atoms with Crippen molar-refractivity contribution in [1.29, 1.82) is 0 Å². The first-order chi connectivity index (χ1) is 17.0. The summed E-state index contributed by atoms with van der Waals surface area (Å²) in [5.74, 6) is -0.597. The average Bonchev–Trinajstić information content (AvgIpc) is 3.48. The highest BCUT2D eigenvalue weighted by molar-refractivity contribution is 7.09. The van der Waals surface area contributed by atoms with E-state index in [0.29, 0.717) is 13.1 Å². The molecule has 2 aliphatic heterocycles. The first kappa shape index (κ1) is 23.5. The van der Waals surface area contributed by atoms with Crippen LogP contribution < -0.4 is 0 Å². The molecule has 2 fully saturated rings. The van der Waals surface area contributed by atoms with Crippen LogP contribution in [0.5, 0.6) is 0 Å². The second-order valence-electron chi connectivity index (χ2n) is 9.37. The van der Waals surface area contributed by atoms with E-state index in [4.69, 9.17) is 0 Å². The van der Waals surface area contributed by atoms with Gasteiger partial charge in [0.15, 0.2) is 0 Å². The Kier molecular flexibility index (Phi) is 6.54. The molecule has 0 aliphatic carbocycles. The number of likely N-dealkylation sites (tertiary alicyclic amines) is 1. The monoisotopic (exact) mass is 487 g/mol. The van der Waals surface area contributed by atoms with Gasteiger partial charge in [0.05, 0.1) is 5.41 Å². The molecule has 35 heavy (non-hydrogen) atoms. The standard InChI is InChI=1S/C28H29N3O3S/c1-29-25(32)18-28(27(29)34,23-11-9-22(10-12-23)21-6-3-2-4-7-21)19-26(33)31-15-13-30(14-16-31)20-24-8-5-17-35-24/h2-12,17H,13-16,18-20H2,1H3. The van der Waals surface area contributed by atoms with Gasteiger partial charge < -0.3 is 4.90 Å². The maximum absolute atomic E-state index is 13.4. The van der Waals surface area contributed by atoms with Crippen molar-refractivity contribution >= 4 is 29.1 Å². The maximum Gasteiger partial charge on any atom is 0.240 e. The first-order valence-corrected chi connectivity index (χ1v) is 12.8. The number of carbonyl (C=O) groups is 3. The third kappa shape index (κ3) is 4.66. The Hall–Kier alpha value is -3.29. The summed E-state index contributed by atoms with van der Waals surface area (Å²) in [5.41, 5.74) is 1.69. The van der Waals surface area contributed by atoms with E-state index in [1.807, 2.05) is 59.5 Å². The summed E-state index contributed by atoms with van der Waals surface area (Å²) in [4.78, 5) is 46.1. The highest BCUT2D eigenvalue weighted by Crippen LogP contribution is 2.40. The number of carbonyl (C=O) groups excluding carboxylic acids is 3. The summed E-state index contributed by atoms with van der Waals surface area (Å²) < 4.78 is 0. The van der Waals surface area contributed by atoms with E-state index >= 15 is 0 Å². The zero-order chi connectivity index (χ0) is 24.4. The summed E-state index contributed by atoms with van der Waals surface area (Å²) in [5, 5.41) is 2.08. The lowest BCUT2D eigenvalue weighted by molar-refractivity contribution is -0.142. The molecule has 0 bridgehead atoms. The molecule has 3 aromatic rings. The van der Waals surface area contributed by atoms with Crippen LogP contribution >= 0.6 is 11.3 Å². The minimum absolute atomic E-state index is 0.0114. The molecule has 7 heteroatoms. The lowest BCUT2D eigenvalue weighted by Gasteiger charge is -2.36. The fourth-order valence-corrected chi connectivity index (χ4v) is 5.86. The Morgan fingerprint density at radius 1 is 0.886 bits per heavy atom. The number of hydrogen-bond acceptors (Lipinski definition) is 5. The van der Waals surface area contributed by atoms with E-state index in [1.54, 1.807) is 11.3 Å². The van der Waals surface area contributed by atoms with Gasteiger partial charge in [0, 0.05) is 57.5 Å². The molecule has 2 aromatic carbocycles. The fourth-order valence-electron chi connectivity index (χ4n) is 5.11. The number of thiophene rings is 1. The van der Waals surface area contributed by atoms with E-state index in [2.05, 4.69) is 22.4 Å². The first-order valence-electron chi connectivity index (χ1n) is 12.0. The molecule has 1 aromatic heterocycles. The van der Waals surface area contributed by atoms with Crippen molar-refractivity contribution in [3.8, 4) is 11.1 Å². The third-order valence-corrected chi connectivity index (χ3v) is 8.08. The van der Waals surface area contributed by atoms with Crippen LogP contribution in [-0.4, -0.2) is 65.6 Å². The van der Waals surface area contributed by atoms with Crippen molar-refractivity contribution in [1.82, 2.24) is 14.7 Å². The van der Waals surface area contributed by atoms with Gasteiger partial charge in [0.25, 0.3) is 0 Å². The van der Waals surface area contributed by atoms with E-state index in [9.17, 15) is 14.4 Å². The van der Waals surface area contributed by atoms with Crippen LogP contribution in [0.4, 0.5) is 0 Å². The van der Waals surface area contributed by atoms with Crippen LogP contribution in [0.1, 0.15) is 23.3 Å². The molecule has 0 radical (unpaired) electrons.